The highest BCUT2D eigenvalue weighted by Crippen LogP contribution is 2.11. The van der Waals surface area contributed by atoms with Crippen molar-refractivity contribution < 1.29 is 18.7 Å². The lowest BCUT2D eigenvalue weighted by Gasteiger charge is -2.03. The molecule has 0 saturated heterocycles. The summed E-state index contributed by atoms with van der Waals surface area (Å²) in [5.74, 6) is 5.01. The van der Waals surface area contributed by atoms with Gasteiger partial charge in [0.2, 0.25) is 0 Å². The molecular formula is C15H15FO3S. The Kier molecular flexibility index (Phi) is 6.82. The molecule has 0 spiro atoms. The fraction of sp³-hybridized carbons (Fsp3) is 0.333. The van der Waals surface area contributed by atoms with Crippen molar-refractivity contribution in [3.05, 3.63) is 35.1 Å². The molecule has 106 valence electrons. The number of carbonyl (C=O) groups is 2. The standard InChI is InChI=1S/C15H15FO3S/c1-3-19-15(18)13-10-12(7-8-14(13)16)6-4-5-9-20-11(2)17/h7-8,10H,3,5,9H2,1-2H3. The molecule has 5 heteroatoms. The van der Waals surface area contributed by atoms with Crippen LogP contribution in [-0.4, -0.2) is 23.4 Å². The first-order valence-electron chi connectivity index (χ1n) is 6.13. The minimum Gasteiger partial charge on any atom is -0.462 e. The number of hydrogen-bond acceptors (Lipinski definition) is 4. The molecule has 0 aromatic heterocycles. The number of esters is 1. The molecule has 0 bridgehead atoms. The summed E-state index contributed by atoms with van der Waals surface area (Å²) in [5.41, 5.74) is 0.430. The van der Waals surface area contributed by atoms with Crippen molar-refractivity contribution in [2.24, 2.45) is 0 Å². The number of thioether (sulfide) groups is 1. The van der Waals surface area contributed by atoms with Crippen LogP contribution in [0.1, 0.15) is 36.2 Å². The molecule has 0 heterocycles. The number of hydrogen-bond donors (Lipinski definition) is 0. The van der Waals surface area contributed by atoms with Crippen molar-refractivity contribution in [3.8, 4) is 11.8 Å². The van der Waals surface area contributed by atoms with Gasteiger partial charge in [-0.25, -0.2) is 9.18 Å². The van der Waals surface area contributed by atoms with Crippen LogP contribution >= 0.6 is 11.8 Å². The van der Waals surface area contributed by atoms with Crippen molar-refractivity contribution in [1.29, 1.82) is 0 Å². The molecule has 0 unspecified atom stereocenters. The molecule has 0 N–H and O–H groups in total. The van der Waals surface area contributed by atoms with Crippen LogP contribution in [0, 0.1) is 17.7 Å². The van der Waals surface area contributed by atoms with E-state index in [0.29, 0.717) is 17.7 Å². The van der Waals surface area contributed by atoms with Gasteiger partial charge in [0.05, 0.1) is 12.2 Å². The van der Waals surface area contributed by atoms with Crippen molar-refractivity contribution in [3.63, 3.8) is 0 Å². The molecule has 0 radical (unpaired) electrons. The van der Waals surface area contributed by atoms with E-state index in [9.17, 15) is 14.0 Å². The highest BCUT2D eigenvalue weighted by atomic mass is 32.2. The van der Waals surface area contributed by atoms with Crippen molar-refractivity contribution in [1.82, 2.24) is 0 Å². The molecular weight excluding hydrogens is 279 g/mol. The summed E-state index contributed by atoms with van der Waals surface area (Å²) < 4.78 is 18.3. The first kappa shape index (κ1) is 16.3. The minimum atomic E-state index is -0.694. The molecule has 0 atom stereocenters. The summed E-state index contributed by atoms with van der Waals surface area (Å²) in [6.45, 7) is 3.35. The van der Waals surface area contributed by atoms with Gasteiger partial charge in [-0.15, -0.1) is 0 Å². The first-order chi connectivity index (χ1) is 9.54. The Morgan fingerprint density at radius 3 is 2.80 bits per heavy atom. The molecule has 1 aromatic carbocycles. The number of rotatable bonds is 4. The molecule has 0 aliphatic rings. The fourth-order valence-electron chi connectivity index (χ4n) is 1.38. The summed E-state index contributed by atoms with van der Waals surface area (Å²) in [6.07, 6.45) is 0.552. The maximum absolute atomic E-state index is 13.5. The zero-order chi connectivity index (χ0) is 15.0. The van der Waals surface area contributed by atoms with E-state index >= 15 is 0 Å². The maximum atomic E-state index is 13.5. The van der Waals surface area contributed by atoms with Crippen LogP contribution in [-0.2, 0) is 9.53 Å². The van der Waals surface area contributed by atoms with Gasteiger partial charge in [0.1, 0.15) is 5.82 Å². The molecule has 20 heavy (non-hydrogen) atoms. The highest BCUT2D eigenvalue weighted by molar-refractivity contribution is 8.13. The SMILES string of the molecule is CCOC(=O)c1cc(C#CCCSC(C)=O)ccc1F. The molecule has 0 amide bonds. The van der Waals surface area contributed by atoms with Crippen LogP contribution in [0.5, 0.6) is 0 Å². The molecule has 1 rings (SSSR count). The number of ether oxygens (including phenoxy) is 1. The minimum absolute atomic E-state index is 0.0539. The van der Waals surface area contributed by atoms with Gasteiger partial charge in [-0.1, -0.05) is 23.6 Å². The molecule has 0 aliphatic carbocycles. The Morgan fingerprint density at radius 2 is 2.15 bits per heavy atom. The quantitative estimate of drug-likeness (QED) is 0.486. The van der Waals surface area contributed by atoms with Crippen LogP contribution in [0.3, 0.4) is 0 Å². The van der Waals surface area contributed by atoms with E-state index in [-0.39, 0.29) is 17.3 Å². The van der Waals surface area contributed by atoms with E-state index in [2.05, 4.69) is 11.8 Å². The largest absolute Gasteiger partial charge is 0.462 e. The average molecular weight is 294 g/mol. The van der Waals surface area contributed by atoms with Crippen molar-refractivity contribution >= 4 is 22.8 Å². The highest BCUT2D eigenvalue weighted by Gasteiger charge is 2.12. The molecule has 0 aliphatic heterocycles. The van der Waals surface area contributed by atoms with E-state index in [1.165, 1.54) is 36.9 Å². The lowest BCUT2D eigenvalue weighted by Crippen LogP contribution is -2.07. The van der Waals surface area contributed by atoms with Crippen LogP contribution in [0.15, 0.2) is 18.2 Å². The predicted octanol–water partition coefficient (Wildman–Crippen LogP) is 3.02. The normalized spacial score (nSPS) is 9.55. The third-order valence-corrected chi connectivity index (χ3v) is 3.04. The smallest absolute Gasteiger partial charge is 0.341 e. The van der Waals surface area contributed by atoms with E-state index < -0.39 is 11.8 Å². The summed E-state index contributed by atoms with van der Waals surface area (Å²) in [7, 11) is 0. The molecule has 0 fully saturated rings. The van der Waals surface area contributed by atoms with Gasteiger partial charge in [0, 0.05) is 24.7 Å². The Morgan fingerprint density at radius 1 is 1.40 bits per heavy atom. The van der Waals surface area contributed by atoms with E-state index in [4.69, 9.17) is 4.74 Å². The maximum Gasteiger partial charge on any atom is 0.341 e. The third-order valence-electron chi connectivity index (χ3n) is 2.23. The Bertz CT molecular complexity index is 558. The van der Waals surface area contributed by atoms with Crippen LogP contribution in [0.2, 0.25) is 0 Å². The average Bonchev–Trinajstić information content (AvgIpc) is 2.40. The molecule has 1 aromatic rings. The zero-order valence-electron chi connectivity index (χ0n) is 11.4. The second kappa shape index (κ2) is 8.39. The van der Waals surface area contributed by atoms with Gasteiger partial charge >= 0.3 is 5.97 Å². The zero-order valence-corrected chi connectivity index (χ0v) is 12.2. The van der Waals surface area contributed by atoms with Gasteiger partial charge in [-0.3, -0.25) is 4.79 Å². The fourth-order valence-corrected chi connectivity index (χ4v) is 1.87. The van der Waals surface area contributed by atoms with Gasteiger partial charge in [0.25, 0.3) is 0 Å². The first-order valence-corrected chi connectivity index (χ1v) is 7.12. The van der Waals surface area contributed by atoms with Gasteiger partial charge in [-0.2, -0.15) is 0 Å². The summed E-state index contributed by atoms with van der Waals surface area (Å²) in [5, 5.41) is 0.0539. The van der Waals surface area contributed by atoms with Crippen molar-refractivity contribution in [2.75, 3.05) is 12.4 Å². The number of benzene rings is 1. The van der Waals surface area contributed by atoms with E-state index in [0.717, 1.165) is 0 Å². The van der Waals surface area contributed by atoms with E-state index in [1.807, 2.05) is 0 Å². The third kappa shape index (κ3) is 5.45. The summed E-state index contributed by atoms with van der Waals surface area (Å²) >= 11 is 1.21. The second-order valence-electron chi connectivity index (χ2n) is 3.81. The number of halogens is 1. The lowest BCUT2D eigenvalue weighted by molar-refractivity contribution is -0.109. The van der Waals surface area contributed by atoms with Gasteiger partial charge in [-0.05, 0) is 25.1 Å². The Hall–Kier alpha value is -1.80. The van der Waals surface area contributed by atoms with Gasteiger partial charge in [0.15, 0.2) is 5.12 Å². The summed E-state index contributed by atoms with van der Waals surface area (Å²) in [6, 6.07) is 4.07. The predicted molar refractivity (Wildman–Crippen MR) is 77.0 cm³/mol. The van der Waals surface area contributed by atoms with Crippen LogP contribution < -0.4 is 0 Å². The topological polar surface area (TPSA) is 43.4 Å². The van der Waals surface area contributed by atoms with E-state index in [1.54, 1.807) is 6.92 Å². The number of carbonyl (C=O) groups excluding carboxylic acids is 2. The Balaban J connectivity index is 2.72. The van der Waals surface area contributed by atoms with Gasteiger partial charge < -0.3 is 4.74 Å². The molecule has 0 saturated carbocycles. The molecule has 3 nitrogen and oxygen atoms in total. The summed E-state index contributed by atoms with van der Waals surface area (Å²) in [4.78, 5) is 22.2. The lowest BCUT2D eigenvalue weighted by atomic mass is 10.1. The second-order valence-corrected chi connectivity index (χ2v) is 5.08. The van der Waals surface area contributed by atoms with Crippen LogP contribution in [0.4, 0.5) is 4.39 Å². The Labute approximate surface area is 121 Å². The monoisotopic (exact) mass is 294 g/mol. The van der Waals surface area contributed by atoms with Crippen LogP contribution in [0.25, 0.3) is 0 Å². The van der Waals surface area contributed by atoms with Crippen molar-refractivity contribution in [2.45, 2.75) is 20.3 Å².